The molecule has 0 aliphatic rings. The van der Waals surface area contributed by atoms with Crippen molar-refractivity contribution in [2.45, 2.75) is 12.0 Å². The van der Waals surface area contributed by atoms with Crippen LogP contribution in [0.5, 0.6) is 0 Å². The van der Waals surface area contributed by atoms with Gasteiger partial charge in [-0.1, -0.05) is 0 Å². The van der Waals surface area contributed by atoms with E-state index in [1.54, 1.807) is 0 Å². The first-order chi connectivity index (χ1) is 4.50. The molecule has 0 aromatic heterocycles. The molecule has 0 radical (unpaired) electrons. The van der Waals surface area contributed by atoms with Gasteiger partial charge in [-0.15, -0.1) is 0 Å². The monoisotopic (exact) mass is 282 g/mol. The standard InChI is InChI=1S/C2H8O7P2.2Ca/c1-2(3,10(4,5)6)11(7,8)9;;/h3H,1H3,(H2,4,5,6)(H2,7,8,9);;/q;2*+2/p-4. The van der Waals surface area contributed by atoms with Crippen LogP contribution in [-0.2, 0) is 9.13 Å². The van der Waals surface area contributed by atoms with Gasteiger partial charge in [0.05, 0.1) is 0 Å². The van der Waals surface area contributed by atoms with E-state index in [-0.39, 0.29) is 82.4 Å². The fourth-order valence-corrected chi connectivity index (χ4v) is 1.35. The second-order valence-electron chi connectivity index (χ2n) is 1.97. The van der Waals surface area contributed by atoms with Gasteiger partial charge in [0.2, 0.25) is 0 Å². The van der Waals surface area contributed by atoms with Crippen LogP contribution in [0.2, 0.25) is 0 Å². The van der Waals surface area contributed by atoms with Crippen molar-refractivity contribution in [3.8, 4) is 0 Å². The number of rotatable bonds is 2. The molecule has 0 unspecified atom stereocenters. The summed E-state index contributed by atoms with van der Waals surface area (Å²) in [4.78, 5) is 39.8. The summed E-state index contributed by atoms with van der Waals surface area (Å²) >= 11 is 0. The summed E-state index contributed by atoms with van der Waals surface area (Å²) in [5, 5.41) is 4.68. The van der Waals surface area contributed by atoms with Gasteiger partial charge < -0.3 is 33.8 Å². The molecular weight excluding hydrogens is 278 g/mol. The van der Waals surface area contributed by atoms with E-state index in [0.29, 0.717) is 0 Å². The third-order valence-electron chi connectivity index (χ3n) is 1.04. The van der Waals surface area contributed by atoms with E-state index in [9.17, 15) is 28.7 Å². The van der Waals surface area contributed by atoms with Crippen LogP contribution in [0.3, 0.4) is 0 Å². The molecule has 0 atom stereocenters. The minimum atomic E-state index is -5.82. The average Bonchev–Trinajstić information content (AvgIpc) is 1.58. The second kappa shape index (κ2) is 6.50. The third-order valence-corrected chi connectivity index (χ3v) is 4.58. The Bertz CT molecular complexity index is 215. The molecule has 13 heavy (non-hydrogen) atoms. The molecule has 68 valence electrons. The van der Waals surface area contributed by atoms with Crippen molar-refractivity contribution in [1.29, 1.82) is 0 Å². The van der Waals surface area contributed by atoms with Crippen LogP contribution in [0.15, 0.2) is 0 Å². The van der Waals surface area contributed by atoms with Crippen LogP contribution in [0.4, 0.5) is 0 Å². The van der Waals surface area contributed by atoms with Gasteiger partial charge in [-0.05, 0) is 22.1 Å². The number of aliphatic hydroxyl groups is 1. The van der Waals surface area contributed by atoms with E-state index >= 15 is 0 Å². The van der Waals surface area contributed by atoms with Gasteiger partial charge >= 0.3 is 75.5 Å². The van der Waals surface area contributed by atoms with E-state index in [4.69, 9.17) is 5.11 Å². The topological polar surface area (TPSA) is 147 Å². The van der Waals surface area contributed by atoms with Crippen molar-refractivity contribution < 1.29 is 33.8 Å². The predicted octanol–water partition coefficient (Wildman–Crippen LogP) is -4.28. The maximum absolute atomic E-state index is 9.95. The summed E-state index contributed by atoms with van der Waals surface area (Å²) in [6, 6.07) is 0. The average molecular weight is 282 g/mol. The number of hydrogen-bond donors (Lipinski definition) is 1. The van der Waals surface area contributed by atoms with Crippen molar-refractivity contribution >= 4 is 90.7 Å². The van der Waals surface area contributed by atoms with E-state index in [0.717, 1.165) is 0 Å². The zero-order valence-electron chi connectivity index (χ0n) is 6.71. The molecule has 0 rings (SSSR count). The molecule has 0 fully saturated rings. The molecule has 0 aliphatic carbocycles. The third kappa shape index (κ3) is 5.59. The van der Waals surface area contributed by atoms with Gasteiger partial charge in [-0.3, -0.25) is 0 Å². The summed E-state index contributed by atoms with van der Waals surface area (Å²) in [5.74, 6) is 0. The molecule has 0 aromatic rings. The van der Waals surface area contributed by atoms with E-state index in [1.165, 1.54) is 0 Å². The second-order valence-corrected chi connectivity index (χ2v) is 6.05. The van der Waals surface area contributed by atoms with Crippen LogP contribution in [0.1, 0.15) is 6.92 Å². The Kier molecular flexibility index (Phi) is 10.6. The van der Waals surface area contributed by atoms with Crippen molar-refractivity contribution in [2.24, 2.45) is 0 Å². The van der Waals surface area contributed by atoms with Gasteiger partial charge in [0.25, 0.3) is 0 Å². The molecule has 0 spiro atoms. The van der Waals surface area contributed by atoms with Crippen LogP contribution in [0, 0.1) is 0 Å². The first-order valence-electron chi connectivity index (χ1n) is 2.27. The molecule has 0 heterocycles. The summed E-state index contributed by atoms with van der Waals surface area (Å²) in [6.45, 7) is 0.133. The van der Waals surface area contributed by atoms with E-state index < -0.39 is 20.3 Å². The Balaban J connectivity index is -0.000000500. The summed E-state index contributed by atoms with van der Waals surface area (Å²) in [6.07, 6.45) is 0. The quantitative estimate of drug-likeness (QED) is 0.398. The molecule has 0 aromatic carbocycles. The van der Waals surface area contributed by atoms with Gasteiger partial charge in [-0.2, -0.15) is 0 Å². The maximum atomic E-state index is 9.95. The summed E-state index contributed by atoms with van der Waals surface area (Å²) in [5.41, 5.74) is 0. The zero-order valence-corrected chi connectivity index (χ0v) is 12.9. The molecular formula is C2H4Ca2O7P2. The molecule has 7 nitrogen and oxygen atoms in total. The van der Waals surface area contributed by atoms with Crippen molar-refractivity contribution in [2.75, 3.05) is 0 Å². The fraction of sp³-hybridized carbons (Fsp3) is 1.00. The Morgan fingerprint density at radius 1 is 1.00 bits per heavy atom. The zero-order chi connectivity index (χ0) is 9.50. The van der Waals surface area contributed by atoms with Gasteiger partial charge in [0.1, 0.15) is 5.08 Å². The first kappa shape index (κ1) is 21.1. The molecule has 0 aliphatic heterocycles. The Morgan fingerprint density at radius 2 is 1.15 bits per heavy atom. The summed E-state index contributed by atoms with van der Waals surface area (Å²) in [7, 11) is -11.6. The molecule has 0 amide bonds. The van der Waals surface area contributed by atoms with Crippen LogP contribution in [0.25, 0.3) is 0 Å². The van der Waals surface area contributed by atoms with Gasteiger partial charge in [0, 0.05) is 0 Å². The van der Waals surface area contributed by atoms with Crippen LogP contribution < -0.4 is 19.6 Å². The molecule has 0 saturated carbocycles. The first-order valence-corrected chi connectivity index (χ1v) is 5.35. The predicted molar refractivity (Wildman–Crippen MR) is 37.3 cm³/mol. The fourth-order valence-electron chi connectivity index (χ4n) is 0.150. The minimum Gasteiger partial charge on any atom is -0.808 e. The molecule has 11 heteroatoms. The molecule has 0 bridgehead atoms. The van der Waals surface area contributed by atoms with Crippen molar-refractivity contribution in [3.05, 3.63) is 0 Å². The van der Waals surface area contributed by atoms with Crippen molar-refractivity contribution in [1.82, 2.24) is 0 Å². The summed E-state index contributed by atoms with van der Waals surface area (Å²) < 4.78 is 19.9. The maximum Gasteiger partial charge on any atom is 2.00 e. The molecule has 1 N–H and O–H groups in total. The Labute approximate surface area is 134 Å². The minimum absolute atomic E-state index is 0. The van der Waals surface area contributed by atoms with E-state index in [1.807, 2.05) is 0 Å². The normalized spacial score (nSPS) is 12.8. The largest absolute Gasteiger partial charge is 2.00 e. The Morgan fingerprint density at radius 3 is 1.15 bits per heavy atom. The van der Waals surface area contributed by atoms with Gasteiger partial charge in [-0.25, -0.2) is 0 Å². The number of hydrogen-bond acceptors (Lipinski definition) is 7. The van der Waals surface area contributed by atoms with E-state index in [2.05, 4.69) is 0 Å². The Hall–Kier alpha value is 2.78. The van der Waals surface area contributed by atoms with Crippen molar-refractivity contribution in [3.63, 3.8) is 0 Å². The smallest absolute Gasteiger partial charge is 0.808 e. The SMILES string of the molecule is CC(O)(P(=O)([O-])[O-])P(=O)([O-])[O-].[Ca+2].[Ca+2]. The van der Waals surface area contributed by atoms with Gasteiger partial charge in [0.15, 0.2) is 0 Å². The van der Waals surface area contributed by atoms with Crippen LogP contribution in [-0.4, -0.2) is 85.7 Å². The van der Waals surface area contributed by atoms with Crippen LogP contribution >= 0.6 is 15.2 Å². The molecule has 0 saturated heterocycles.